The number of hydrogen-bond acceptors (Lipinski definition) is 7. The Morgan fingerprint density at radius 1 is 1.11 bits per heavy atom. The summed E-state index contributed by atoms with van der Waals surface area (Å²) >= 11 is 0. The highest BCUT2D eigenvalue weighted by molar-refractivity contribution is 5.95. The molecule has 4 N–H and O–H groups in total. The van der Waals surface area contributed by atoms with Crippen LogP contribution in [0.4, 0.5) is 5.82 Å². The number of aromatic nitrogens is 2. The van der Waals surface area contributed by atoms with Crippen molar-refractivity contribution < 1.29 is 14.3 Å². The SMILES string of the molecule is CCOC(=O)CNc1c(-c2ccc(C#N)cc2)nc2cc(C(=O)NCc3cccc(CN)c3)ccn12. The van der Waals surface area contributed by atoms with Crippen molar-refractivity contribution in [1.82, 2.24) is 14.7 Å². The largest absolute Gasteiger partial charge is 0.465 e. The van der Waals surface area contributed by atoms with Gasteiger partial charge in [-0.15, -0.1) is 0 Å². The lowest BCUT2D eigenvalue weighted by Gasteiger charge is -2.09. The van der Waals surface area contributed by atoms with Gasteiger partial charge in [-0.1, -0.05) is 36.4 Å². The van der Waals surface area contributed by atoms with Gasteiger partial charge in [0.15, 0.2) is 0 Å². The van der Waals surface area contributed by atoms with Crippen LogP contribution in [-0.4, -0.2) is 34.4 Å². The van der Waals surface area contributed by atoms with Crippen LogP contribution in [0, 0.1) is 11.3 Å². The smallest absolute Gasteiger partial charge is 0.325 e. The zero-order valence-corrected chi connectivity index (χ0v) is 19.8. The van der Waals surface area contributed by atoms with Crippen molar-refractivity contribution in [3.63, 3.8) is 0 Å². The van der Waals surface area contributed by atoms with Gasteiger partial charge in [0, 0.05) is 30.4 Å². The number of ether oxygens (including phenoxy) is 1. The number of carbonyl (C=O) groups is 2. The van der Waals surface area contributed by atoms with E-state index in [1.54, 1.807) is 53.9 Å². The second-order valence-corrected chi connectivity index (χ2v) is 8.01. The number of hydrogen-bond donors (Lipinski definition) is 3. The number of nitriles is 1. The minimum atomic E-state index is -0.395. The number of benzene rings is 2. The summed E-state index contributed by atoms with van der Waals surface area (Å²) in [5.74, 6) is -0.0548. The number of nitrogens with one attached hydrogen (secondary N) is 2. The Labute approximate surface area is 208 Å². The average molecular weight is 483 g/mol. The summed E-state index contributed by atoms with van der Waals surface area (Å²) in [7, 11) is 0. The summed E-state index contributed by atoms with van der Waals surface area (Å²) in [6.07, 6.45) is 1.73. The summed E-state index contributed by atoms with van der Waals surface area (Å²) in [5.41, 5.74) is 10.5. The maximum Gasteiger partial charge on any atom is 0.325 e. The summed E-state index contributed by atoms with van der Waals surface area (Å²) in [6.45, 7) is 2.79. The highest BCUT2D eigenvalue weighted by atomic mass is 16.5. The first-order valence-electron chi connectivity index (χ1n) is 11.5. The monoisotopic (exact) mass is 482 g/mol. The van der Waals surface area contributed by atoms with Gasteiger partial charge < -0.3 is 21.1 Å². The van der Waals surface area contributed by atoms with Gasteiger partial charge in [0.2, 0.25) is 0 Å². The fourth-order valence-electron chi connectivity index (χ4n) is 3.78. The molecule has 0 saturated heterocycles. The van der Waals surface area contributed by atoms with Crippen molar-refractivity contribution in [1.29, 1.82) is 5.26 Å². The third-order valence-electron chi connectivity index (χ3n) is 5.56. The molecule has 0 fully saturated rings. The second-order valence-electron chi connectivity index (χ2n) is 8.01. The molecule has 0 aliphatic heterocycles. The van der Waals surface area contributed by atoms with Gasteiger partial charge in [-0.3, -0.25) is 14.0 Å². The normalized spacial score (nSPS) is 10.6. The van der Waals surface area contributed by atoms with Crippen LogP contribution in [0.2, 0.25) is 0 Å². The van der Waals surface area contributed by atoms with E-state index in [1.165, 1.54) is 0 Å². The first-order chi connectivity index (χ1) is 17.5. The first kappa shape index (κ1) is 24.4. The van der Waals surface area contributed by atoms with Gasteiger partial charge in [0.25, 0.3) is 5.91 Å². The molecular formula is C27H26N6O3. The van der Waals surface area contributed by atoms with Crippen LogP contribution in [0.5, 0.6) is 0 Å². The predicted octanol–water partition coefficient (Wildman–Crippen LogP) is 3.24. The van der Waals surface area contributed by atoms with Gasteiger partial charge in [-0.2, -0.15) is 5.26 Å². The number of rotatable bonds is 9. The van der Waals surface area contributed by atoms with Crippen LogP contribution in [0.15, 0.2) is 66.9 Å². The number of anilines is 1. The van der Waals surface area contributed by atoms with Crippen LogP contribution in [0.25, 0.3) is 16.9 Å². The molecule has 0 spiro atoms. The van der Waals surface area contributed by atoms with E-state index in [9.17, 15) is 9.59 Å². The molecule has 1 amide bonds. The maximum atomic E-state index is 12.9. The average Bonchev–Trinajstić information content (AvgIpc) is 3.28. The van der Waals surface area contributed by atoms with E-state index in [-0.39, 0.29) is 19.1 Å². The Balaban J connectivity index is 1.62. The fourth-order valence-corrected chi connectivity index (χ4v) is 3.78. The number of fused-ring (bicyclic) bond motifs is 1. The lowest BCUT2D eigenvalue weighted by atomic mass is 10.1. The lowest BCUT2D eigenvalue weighted by Crippen LogP contribution is -2.23. The summed E-state index contributed by atoms with van der Waals surface area (Å²) in [4.78, 5) is 29.5. The minimum Gasteiger partial charge on any atom is -0.465 e. The molecule has 0 aliphatic rings. The van der Waals surface area contributed by atoms with Crippen LogP contribution < -0.4 is 16.4 Å². The lowest BCUT2D eigenvalue weighted by molar-refractivity contribution is -0.140. The molecule has 0 saturated carbocycles. The molecular weight excluding hydrogens is 456 g/mol. The van der Waals surface area contributed by atoms with E-state index in [4.69, 9.17) is 20.7 Å². The molecule has 0 unspecified atom stereocenters. The molecule has 2 aromatic heterocycles. The van der Waals surface area contributed by atoms with E-state index >= 15 is 0 Å². The maximum absolute atomic E-state index is 12.9. The van der Waals surface area contributed by atoms with E-state index in [1.807, 2.05) is 24.3 Å². The molecule has 0 aliphatic carbocycles. The molecule has 36 heavy (non-hydrogen) atoms. The Bertz CT molecular complexity index is 1440. The summed E-state index contributed by atoms with van der Waals surface area (Å²) < 4.78 is 6.80. The zero-order chi connectivity index (χ0) is 25.5. The zero-order valence-electron chi connectivity index (χ0n) is 19.8. The van der Waals surface area contributed by atoms with Crippen LogP contribution in [0.3, 0.4) is 0 Å². The number of imidazole rings is 1. The molecule has 0 bridgehead atoms. The Kier molecular flexibility index (Phi) is 7.58. The van der Waals surface area contributed by atoms with Crippen molar-refractivity contribution in [2.24, 2.45) is 5.73 Å². The first-order valence-corrected chi connectivity index (χ1v) is 11.5. The topological polar surface area (TPSA) is 135 Å². The molecule has 0 atom stereocenters. The van der Waals surface area contributed by atoms with Crippen molar-refractivity contribution in [2.45, 2.75) is 20.0 Å². The highest BCUT2D eigenvalue weighted by Crippen LogP contribution is 2.29. The van der Waals surface area contributed by atoms with E-state index in [0.29, 0.717) is 41.4 Å². The third-order valence-corrected chi connectivity index (χ3v) is 5.56. The second kappa shape index (κ2) is 11.2. The molecule has 182 valence electrons. The Hall–Kier alpha value is -4.68. The highest BCUT2D eigenvalue weighted by Gasteiger charge is 2.17. The number of carbonyl (C=O) groups excluding carboxylic acids is 2. The van der Waals surface area contributed by atoms with Crippen LogP contribution in [0.1, 0.15) is 34.0 Å². The van der Waals surface area contributed by atoms with E-state index in [0.717, 1.165) is 16.7 Å². The fraction of sp³-hybridized carbons (Fsp3) is 0.185. The van der Waals surface area contributed by atoms with Crippen molar-refractivity contribution in [3.05, 3.63) is 89.1 Å². The van der Waals surface area contributed by atoms with Crippen molar-refractivity contribution in [3.8, 4) is 17.3 Å². The molecule has 9 heteroatoms. The molecule has 2 heterocycles. The Morgan fingerprint density at radius 2 is 1.89 bits per heavy atom. The number of nitrogens with zero attached hydrogens (tertiary/aromatic N) is 3. The van der Waals surface area contributed by atoms with E-state index < -0.39 is 5.97 Å². The molecule has 9 nitrogen and oxygen atoms in total. The van der Waals surface area contributed by atoms with Gasteiger partial charge in [0.05, 0.1) is 18.2 Å². The Morgan fingerprint density at radius 3 is 2.61 bits per heavy atom. The molecule has 4 aromatic rings. The van der Waals surface area contributed by atoms with E-state index in [2.05, 4.69) is 16.7 Å². The van der Waals surface area contributed by atoms with Gasteiger partial charge in [-0.05, 0) is 42.3 Å². The summed E-state index contributed by atoms with van der Waals surface area (Å²) in [5, 5.41) is 15.1. The van der Waals surface area contributed by atoms with Gasteiger partial charge in [0.1, 0.15) is 23.7 Å². The summed E-state index contributed by atoms with van der Waals surface area (Å²) in [6, 6.07) is 20.2. The molecule has 4 rings (SSSR count). The van der Waals surface area contributed by atoms with Crippen molar-refractivity contribution in [2.75, 3.05) is 18.5 Å². The third kappa shape index (κ3) is 5.51. The molecule has 0 radical (unpaired) electrons. The number of pyridine rings is 1. The van der Waals surface area contributed by atoms with Gasteiger partial charge in [-0.25, -0.2) is 4.98 Å². The number of amides is 1. The standard InChI is InChI=1S/C27H26N6O3/c1-2-36-24(34)17-30-26-25(21-8-6-18(14-28)7-9-21)32-23-13-22(10-11-33(23)26)27(35)31-16-20-5-3-4-19(12-20)15-29/h3-13,30H,2,15-17,29H2,1H3,(H,31,35). The van der Waals surface area contributed by atoms with Crippen LogP contribution >= 0.6 is 0 Å². The van der Waals surface area contributed by atoms with Gasteiger partial charge >= 0.3 is 5.97 Å². The number of esters is 1. The number of nitrogens with two attached hydrogens (primary N) is 1. The quantitative estimate of drug-likeness (QED) is 0.312. The van der Waals surface area contributed by atoms with Crippen LogP contribution in [-0.2, 0) is 22.6 Å². The minimum absolute atomic E-state index is 0.0466. The van der Waals surface area contributed by atoms with Crippen molar-refractivity contribution >= 4 is 23.3 Å². The predicted molar refractivity (Wildman–Crippen MR) is 136 cm³/mol. The molecule has 2 aromatic carbocycles.